The zero-order valence-electron chi connectivity index (χ0n) is 8.63. The lowest BCUT2D eigenvalue weighted by Crippen LogP contribution is -2.38. The highest BCUT2D eigenvalue weighted by atomic mass is 16.1. The topological polar surface area (TPSA) is 70.9 Å². The van der Waals surface area contributed by atoms with Gasteiger partial charge >= 0.3 is 0 Å². The zero-order valence-corrected chi connectivity index (χ0v) is 8.63. The van der Waals surface area contributed by atoms with Crippen LogP contribution in [-0.4, -0.2) is 24.0 Å². The van der Waals surface area contributed by atoms with E-state index >= 15 is 0 Å². The van der Waals surface area contributed by atoms with Gasteiger partial charge in [-0.15, -0.1) is 0 Å². The van der Waals surface area contributed by atoms with Crippen molar-refractivity contribution in [3.8, 4) is 0 Å². The van der Waals surface area contributed by atoms with Crippen LogP contribution in [0.3, 0.4) is 0 Å². The third-order valence-electron chi connectivity index (χ3n) is 2.12. The van der Waals surface area contributed by atoms with Crippen LogP contribution in [0.25, 0.3) is 0 Å². The number of carbonyl (C=O) groups is 1. The number of H-pyrrole nitrogens is 1. The van der Waals surface area contributed by atoms with Crippen LogP contribution in [0.15, 0.2) is 18.3 Å². The Morgan fingerprint density at radius 1 is 1.64 bits per heavy atom. The maximum Gasteiger partial charge on any atom is 0.267 e. The Morgan fingerprint density at radius 3 is 2.86 bits per heavy atom. The lowest BCUT2D eigenvalue weighted by atomic mass is 9.94. The van der Waals surface area contributed by atoms with Crippen molar-refractivity contribution >= 4 is 5.91 Å². The normalized spacial score (nSPS) is 11.4. The summed E-state index contributed by atoms with van der Waals surface area (Å²) in [5.41, 5.74) is 6.08. The van der Waals surface area contributed by atoms with Gasteiger partial charge in [-0.2, -0.15) is 0 Å². The van der Waals surface area contributed by atoms with Gasteiger partial charge in [0.25, 0.3) is 5.91 Å². The van der Waals surface area contributed by atoms with Gasteiger partial charge < -0.3 is 16.0 Å². The summed E-state index contributed by atoms with van der Waals surface area (Å²) in [7, 11) is 0. The van der Waals surface area contributed by atoms with Crippen LogP contribution < -0.4 is 11.1 Å². The molecule has 4 nitrogen and oxygen atoms in total. The lowest BCUT2D eigenvalue weighted by Gasteiger charge is -2.22. The number of carbonyl (C=O) groups excluding carboxylic acids is 1. The fourth-order valence-electron chi connectivity index (χ4n) is 0.959. The molecule has 0 aromatic carbocycles. The summed E-state index contributed by atoms with van der Waals surface area (Å²) >= 11 is 0. The summed E-state index contributed by atoms with van der Waals surface area (Å²) in [6, 6.07) is 3.54. The number of nitrogens with two attached hydrogens (primary N) is 1. The summed E-state index contributed by atoms with van der Waals surface area (Å²) in [5, 5.41) is 2.83. The number of aromatic nitrogens is 1. The van der Waals surface area contributed by atoms with Gasteiger partial charge in [0.2, 0.25) is 0 Å². The summed E-state index contributed by atoms with van der Waals surface area (Å²) in [6.45, 7) is 5.17. The average Bonchev–Trinajstić information content (AvgIpc) is 2.67. The predicted octanol–water partition coefficient (Wildman–Crippen LogP) is 0.729. The molecule has 1 rings (SSSR count). The maximum atomic E-state index is 11.5. The van der Waals surface area contributed by atoms with Gasteiger partial charge in [-0.3, -0.25) is 4.79 Å². The Hall–Kier alpha value is -1.29. The highest BCUT2D eigenvalue weighted by Crippen LogP contribution is 2.10. The molecule has 0 aliphatic heterocycles. The smallest absolute Gasteiger partial charge is 0.267 e. The highest BCUT2D eigenvalue weighted by molar-refractivity contribution is 5.92. The molecule has 4 N–H and O–H groups in total. The zero-order chi connectivity index (χ0) is 10.6. The quantitative estimate of drug-likeness (QED) is 0.662. The Labute approximate surface area is 83.9 Å². The Balaban J connectivity index is 2.43. The van der Waals surface area contributed by atoms with E-state index in [1.165, 1.54) is 0 Å². The molecule has 78 valence electrons. The van der Waals surface area contributed by atoms with E-state index < -0.39 is 0 Å². The second-order valence-electron chi connectivity index (χ2n) is 4.13. The number of hydrogen-bond donors (Lipinski definition) is 3. The molecule has 0 saturated heterocycles. The average molecular weight is 195 g/mol. The van der Waals surface area contributed by atoms with Crippen LogP contribution in [0, 0.1) is 5.41 Å². The molecule has 0 atom stereocenters. The van der Waals surface area contributed by atoms with Crippen molar-refractivity contribution in [2.45, 2.75) is 13.8 Å². The summed E-state index contributed by atoms with van der Waals surface area (Å²) in [6.07, 6.45) is 1.73. The molecule has 1 amide bonds. The van der Waals surface area contributed by atoms with Gasteiger partial charge in [-0.05, 0) is 24.1 Å². The molecular formula is C10H17N3O. The number of aromatic amines is 1. The highest BCUT2D eigenvalue weighted by Gasteiger charge is 2.17. The Bertz CT molecular complexity index is 290. The van der Waals surface area contributed by atoms with Crippen LogP contribution in [-0.2, 0) is 0 Å². The van der Waals surface area contributed by atoms with E-state index in [0.717, 1.165) is 0 Å². The summed E-state index contributed by atoms with van der Waals surface area (Å²) in [4.78, 5) is 14.3. The predicted molar refractivity (Wildman–Crippen MR) is 56.0 cm³/mol. The first-order chi connectivity index (χ1) is 6.55. The van der Waals surface area contributed by atoms with E-state index in [1.807, 2.05) is 13.8 Å². The number of hydrogen-bond acceptors (Lipinski definition) is 2. The summed E-state index contributed by atoms with van der Waals surface area (Å²) < 4.78 is 0. The number of nitrogens with one attached hydrogen (secondary N) is 2. The lowest BCUT2D eigenvalue weighted by molar-refractivity contribution is 0.0933. The molecular weight excluding hydrogens is 178 g/mol. The standard InChI is InChI=1S/C10H17N3O/c1-10(2,6-11)7-13-9(14)8-4-3-5-12-8/h3-5,12H,6-7,11H2,1-2H3,(H,13,14). The fourth-order valence-corrected chi connectivity index (χ4v) is 0.959. The minimum Gasteiger partial charge on any atom is -0.357 e. The third-order valence-corrected chi connectivity index (χ3v) is 2.12. The molecule has 0 aliphatic carbocycles. The fraction of sp³-hybridized carbons (Fsp3) is 0.500. The Kier molecular flexibility index (Phi) is 3.30. The molecule has 0 aliphatic rings. The molecule has 0 saturated carbocycles. The monoisotopic (exact) mass is 195 g/mol. The minimum atomic E-state index is -0.0866. The van der Waals surface area contributed by atoms with Crippen molar-refractivity contribution < 1.29 is 4.79 Å². The second-order valence-corrected chi connectivity index (χ2v) is 4.13. The minimum absolute atomic E-state index is 0.0533. The largest absolute Gasteiger partial charge is 0.357 e. The third kappa shape index (κ3) is 2.88. The van der Waals surface area contributed by atoms with Gasteiger partial charge in [-0.25, -0.2) is 0 Å². The van der Waals surface area contributed by atoms with Crippen molar-refractivity contribution in [1.29, 1.82) is 0 Å². The van der Waals surface area contributed by atoms with Gasteiger partial charge in [0.15, 0.2) is 0 Å². The number of amides is 1. The van der Waals surface area contributed by atoms with E-state index in [2.05, 4.69) is 10.3 Å². The summed E-state index contributed by atoms with van der Waals surface area (Å²) in [5.74, 6) is -0.0866. The SMILES string of the molecule is CC(C)(CN)CNC(=O)c1ccc[nH]1. The van der Waals surface area contributed by atoms with Gasteiger partial charge in [0.1, 0.15) is 5.69 Å². The molecule has 0 radical (unpaired) electrons. The van der Waals surface area contributed by atoms with Crippen LogP contribution in [0.1, 0.15) is 24.3 Å². The van der Waals surface area contributed by atoms with Crippen molar-refractivity contribution in [3.63, 3.8) is 0 Å². The van der Waals surface area contributed by atoms with Crippen molar-refractivity contribution in [2.24, 2.45) is 11.1 Å². The first kappa shape index (κ1) is 10.8. The molecule has 1 aromatic rings. The first-order valence-corrected chi connectivity index (χ1v) is 4.67. The van der Waals surface area contributed by atoms with Crippen LogP contribution in [0.5, 0.6) is 0 Å². The van der Waals surface area contributed by atoms with Crippen molar-refractivity contribution in [1.82, 2.24) is 10.3 Å². The molecule has 0 fully saturated rings. The molecule has 0 bridgehead atoms. The van der Waals surface area contributed by atoms with E-state index in [-0.39, 0.29) is 11.3 Å². The molecule has 1 aromatic heterocycles. The van der Waals surface area contributed by atoms with Gasteiger partial charge in [0.05, 0.1) is 0 Å². The van der Waals surface area contributed by atoms with Crippen LogP contribution in [0.2, 0.25) is 0 Å². The molecule has 1 heterocycles. The number of rotatable bonds is 4. The molecule has 14 heavy (non-hydrogen) atoms. The van der Waals surface area contributed by atoms with Gasteiger partial charge in [0, 0.05) is 12.7 Å². The van der Waals surface area contributed by atoms with Gasteiger partial charge in [-0.1, -0.05) is 13.8 Å². The van der Waals surface area contributed by atoms with Crippen LogP contribution in [0.4, 0.5) is 0 Å². The maximum absolute atomic E-state index is 11.5. The second kappa shape index (κ2) is 4.28. The van der Waals surface area contributed by atoms with E-state index in [1.54, 1.807) is 18.3 Å². The Morgan fingerprint density at radius 2 is 2.36 bits per heavy atom. The van der Waals surface area contributed by atoms with Crippen molar-refractivity contribution in [2.75, 3.05) is 13.1 Å². The van der Waals surface area contributed by atoms with Crippen molar-refractivity contribution in [3.05, 3.63) is 24.0 Å². The van der Waals surface area contributed by atoms with E-state index in [0.29, 0.717) is 18.8 Å². The van der Waals surface area contributed by atoms with E-state index in [9.17, 15) is 4.79 Å². The van der Waals surface area contributed by atoms with E-state index in [4.69, 9.17) is 5.73 Å². The first-order valence-electron chi connectivity index (χ1n) is 4.67. The molecule has 0 spiro atoms. The molecule has 0 unspecified atom stereocenters. The van der Waals surface area contributed by atoms with Crippen LogP contribution >= 0.6 is 0 Å². The molecule has 4 heteroatoms.